The van der Waals surface area contributed by atoms with Gasteiger partial charge < -0.3 is 34.8 Å². The molecule has 0 amide bonds. The minimum absolute atomic E-state index is 0. The summed E-state index contributed by atoms with van der Waals surface area (Å²) in [5, 5.41) is 35.9. The Morgan fingerprint density at radius 1 is 1.31 bits per heavy atom. The van der Waals surface area contributed by atoms with Crippen LogP contribution < -0.4 is 68.9 Å². The fourth-order valence-corrected chi connectivity index (χ4v) is 1.49. The van der Waals surface area contributed by atoms with Crippen LogP contribution in [-0.2, 0) is 4.57 Å². The smallest absolute Gasteiger partial charge is 0.811 e. The predicted octanol–water partition coefficient (Wildman–Crippen LogP) is -9.63. The number of aliphatic hydroxyl groups excluding tert-OH is 3. The summed E-state index contributed by atoms with van der Waals surface area (Å²) in [4.78, 5) is 20.4. The fourth-order valence-electron chi connectivity index (χ4n) is 0.837. The van der Waals surface area contributed by atoms with E-state index < -0.39 is 38.2 Å². The second kappa shape index (κ2) is 8.98. The van der Waals surface area contributed by atoms with Crippen molar-refractivity contribution in [3.63, 3.8) is 0 Å². The summed E-state index contributed by atoms with van der Waals surface area (Å²) in [7, 11) is -4.96. The van der Waals surface area contributed by atoms with Gasteiger partial charge in [-0.3, -0.25) is 0 Å². The molecule has 0 heterocycles. The number of rotatable bonds is 5. The summed E-state index contributed by atoms with van der Waals surface area (Å²) in [5.41, 5.74) is -2.05. The van der Waals surface area contributed by atoms with Crippen molar-refractivity contribution in [2.24, 2.45) is 0 Å². The van der Waals surface area contributed by atoms with Crippen LogP contribution in [0.2, 0.25) is 0 Å². The summed E-state index contributed by atoms with van der Waals surface area (Å²) in [6.07, 6.45) is -5.01. The molecule has 0 aliphatic heterocycles. The van der Waals surface area contributed by atoms with E-state index in [1.165, 1.54) is 0 Å². The minimum Gasteiger partial charge on any atom is -0.811 e. The van der Waals surface area contributed by atoms with Crippen LogP contribution in [0.4, 0.5) is 0 Å². The Kier molecular flexibility index (Phi) is 13.0. The fraction of sp³-hybridized carbons (Fsp3) is 1.00. The molecule has 3 unspecified atom stereocenters. The summed E-state index contributed by atoms with van der Waals surface area (Å²) in [6.45, 7) is 0.134. The molecule has 86 valence electrons. The molecule has 0 saturated heterocycles. The van der Waals surface area contributed by atoms with Gasteiger partial charge in [-0.25, -0.2) is 0 Å². The van der Waals surface area contributed by atoms with Gasteiger partial charge in [0.1, 0.15) is 11.7 Å². The van der Waals surface area contributed by atoms with Crippen LogP contribution in [0.3, 0.4) is 0 Å². The average Bonchev–Trinajstić information content (AvgIpc) is 2.00. The van der Waals surface area contributed by atoms with Crippen LogP contribution in [0.1, 0.15) is 6.92 Å². The molecule has 0 spiro atoms. The van der Waals surface area contributed by atoms with E-state index in [2.05, 4.69) is 0 Å². The third-order valence-electron chi connectivity index (χ3n) is 1.73. The first-order valence-electron chi connectivity index (χ1n) is 3.80. The van der Waals surface area contributed by atoms with Crippen LogP contribution in [0.15, 0.2) is 0 Å². The van der Waals surface area contributed by atoms with E-state index in [1.54, 1.807) is 0 Å². The zero-order chi connectivity index (χ0) is 11.6. The molecule has 16 heavy (non-hydrogen) atoms. The summed E-state index contributed by atoms with van der Waals surface area (Å²) >= 11 is 0. The topological polar surface area (TPSA) is 144 Å². The van der Waals surface area contributed by atoms with E-state index in [1.807, 2.05) is 0 Å². The van der Waals surface area contributed by atoms with Crippen molar-refractivity contribution < 1.29 is 93.9 Å². The van der Waals surface area contributed by atoms with Gasteiger partial charge in [0, 0.05) is 6.16 Å². The van der Waals surface area contributed by atoms with Crippen LogP contribution in [0, 0.1) is 0 Å². The Hall–Kier alpha value is 1.99. The summed E-state index contributed by atoms with van der Waals surface area (Å²) in [6, 6.07) is 0. The number of hydrogen-bond acceptors (Lipinski definition) is 7. The second-order valence-electron chi connectivity index (χ2n) is 3.32. The van der Waals surface area contributed by atoms with E-state index in [4.69, 9.17) is 15.3 Å². The maximum Gasteiger partial charge on any atom is 1.00 e. The third kappa shape index (κ3) is 8.99. The second-order valence-corrected chi connectivity index (χ2v) is 4.91. The van der Waals surface area contributed by atoms with Crippen molar-refractivity contribution in [1.82, 2.24) is 0 Å². The first-order valence-corrected chi connectivity index (χ1v) is 5.53. The van der Waals surface area contributed by atoms with Gasteiger partial charge in [0.05, 0.1) is 12.7 Å². The molecule has 0 aromatic carbocycles. The molecule has 4 N–H and O–H groups in total. The first-order chi connectivity index (χ1) is 6.10. The van der Waals surface area contributed by atoms with Gasteiger partial charge in [0.25, 0.3) is 0 Å². The molecule has 0 fully saturated rings. The molecular weight excluding hydrogens is 261 g/mol. The van der Waals surface area contributed by atoms with E-state index in [-0.39, 0.29) is 59.1 Å². The van der Waals surface area contributed by atoms with Crippen LogP contribution in [0.5, 0.6) is 0 Å². The molecule has 0 saturated carbocycles. The van der Waals surface area contributed by atoms with Gasteiger partial charge in [-0.15, -0.1) is 0 Å². The van der Waals surface area contributed by atoms with Crippen molar-refractivity contribution in [1.29, 1.82) is 0 Å². The zero-order valence-corrected chi connectivity index (χ0v) is 14.4. The predicted molar refractivity (Wildman–Crippen MR) is 42.2 cm³/mol. The Morgan fingerprint density at radius 3 is 1.94 bits per heavy atom. The largest absolute Gasteiger partial charge is 1.00 e. The Bertz CT molecular complexity index is 231. The van der Waals surface area contributed by atoms with E-state index >= 15 is 0 Å². The zero-order valence-electron chi connectivity index (χ0n) is 9.53. The van der Waals surface area contributed by atoms with E-state index in [0.29, 0.717) is 0 Å². The number of aliphatic hydroxyl groups is 4. The summed E-state index contributed by atoms with van der Waals surface area (Å²) in [5.74, 6) is 0. The molecule has 0 radical (unpaired) electrons. The molecule has 0 aromatic heterocycles. The van der Waals surface area contributed by atoms with Crippen LogP contribution in [0.25, 0.3) is 0 Å². The van der Waals surface area contributed by atoms with Crippen LogP contribution >= 0.6 is 7.60 Å². The van der Waals surface area contributed by atoms with Crippen molar-refractivity contribution in [2.75, 3.05) is 12.8 Å². The standard InChI is InChI=1S/C6H15O7P.2Na/c1-6(10,3-7)5(9)4(8)2-14(11,12)13;;/h4-5,7-10H,2-3H2,1H3,(H2,11,12,13);;/q;2*+1/p-2. The molecule has 10 heteroatoms. The quantitative estimate of drug-likeness (QED) is 0.288. The maximum atomic E-state index is 10.2. The van der Waals surface area contributed by atoms with E-state index in [0.717, 1.165) is 6.92 Å². The monoisotopic (exact) mass is 274 g/mol. The van der Waals surface area contributed by atoms with E-state index in [9.17, 15) is 19.5 Å². The molecule has 0 aromatic rings. The maximum absolute atomic E-state index is 10.2. The third-order valence-corrected chi connectivity index (χ3v) is 2.55. The average molecular weight is 274 g/mol. The van der Waals surface area contributed by atoms with Gasteiger partial charge in [-0.2, -0.15) is 0 Å². The van der Waals surface area contributed by atoms with Crippen molar-refractivity contribution in [3.05, 3.63) is 0 Å². The van der Waals surface area contributed by atoms with Crippen LogP contribution in [-0.4, -0.2) is 51.0 Å². The van der Waals surface area contributed by atoms with Gasteiger partial charge in [-0.05, 0) is 6.92 Å². The molecular formula is C6H13Na2O7P. The molecule has 0 rings (SSSR count). The van der Waals surface area contributed by atoms with Crippen molar-refractivity contribution >= 4 is 7.60 Å². The van der Waals surface area contributed by atoms with Crippen molar-refractivity contribution in [3.8, 4) is 0 Å². The SMILES string of the molecule is CC(O)(CO)C(O)C(O)CP(=O)([O-])[O-].[Na+].[Na+]. The molecule has 0 aliphatic carbocycles. The Morgan fingerprint density at radius 2 is 1.69 bits per heavy atom. The van der Waals surface area contributed by atoms with Gasteiger partial charge in [-0.1, -0.05) is 7.60 Å². The molecule has 3 atom stereocenters. The molecule has 0 aliphatic rings. The van der Waals surface area contributed by atoms with Gasteiger partial charge in [0.15, 0.2) is 0 Å². The Labute approximate surface area is 138 Å². The van der Waals surface area contributed by atoms with Gasteiger partial charge >= 0.3 is 59.1 Å². The molecule has 0 bridgehead atoms. The summed E-state index contributed by atoms with van der Waals surface area (Å²) < 4.78 is 10.2. The van der Waals surface area contributed by atoms with Gasteiger partial charge in [0.2, 0.25) is 0 Å². The van der Waals surface area contributed by atoms with Crippen molar-refractivity contribution in [2.45, 2.75) is 24.7 Å². The Balaban J connectivity index is -0.000000845. The molecule has 7 nitrogen and oxygen atoms in total. The normalized spacial score (nSPS) is 18.7. The number of hydrogen-bond donors (Lipinski definition) is 4. The first kappa shape index (κ1) is 23.1. The minimum atomic E-state index is -4.96.